The number of esters is 1. The fourth-order valence-corrected chi connectivity index (χ4v) is 3.29. The number of carbonyl (C=O) groups is 2. The van der Waals surface area contributed by atoms with Gasteiger partial charge in [-0.15, -0.1) is 0 Å². The van der Waals surface area contributed by atoms with Gasteiger partial charge in [-0.2, -0.15) is 0 Å². The van der Waals surface area contributed by atoms with Crippen molar-refractivity contribution in [3.63, 3.8) is 0 Å². The highest BCUT2D eigenvalue weighted by atomic mass is 32.1. The zero-order valence-electron chi connectivity index (χ0n) is 13.9. The van der Waals surface area contributed by atoms with E-state index in [0.29, 0.717) is 16.3 Å². The molecule has 0 spiro atoms. The van der Waals surface area contributed by atoms with Crippen molar-refractivity contribution in [1.29, 1.82) is 0 Å². The number of thiazole rings is 1. The molecule has 2 aromatic heterocycles. The highest BCUT2D eigenvalue weighted by molar-refractivity contribution is 7.19. The Labute approximate surface area is 148 Å². The number of anilines is 1. The molecule has 8 heteroatoms. The fraction of sp³-hybridized carbons (Fsp3) is 0.176. The lowest BCUT2D eigenvalue weighted by Crippen LogP contribution is -2.12. The van der Waals surface area contributed by atoms with E-state index in [-0.39, 0.29) is 5.91 Å². The van der Waals surface area contributed by atoms with Gasteiger partial charge in [0.05, 0.1) is 23.2 Å². The van der Waals surface area contributed by atoms with Crippen molar-refractivity contribution in [2.24, 2.45) is 7.05 Å². The molecule has 0 aliphatic carbocycles. The summed E-state index contributed by atoms with van der Waals surface area (Å²) in [6.07, 6.45) is 3.57. The summed E-state index contributed by atoms with van der Waals surface area (Å²) in [5.74, 6) is 0.0664. The summed E-state index contributed by atoms with van der Waals surface area (Å²) in [5.41, 5.74) is 1.62. The van der Waals surface area contributed by atoms with Crippen LogP contribution in [0.5, 0.6) is 0 Å². The number of amides is 1. The predicted molar refractivity (Wildman–Crippen MR) is 94.8 cm³/mol. The van der Waals surface area contributed by atoms with E-state index in [4.69, 9.17) is 0 Å². The molecule has 7 nitrogen and oxygen atoms in total. The molecule has 0 aliphatic rings. The topological polar surface area (TPSA) is 86.1 Å². The molecule has 128 valence electrons. The van der Waals surface area contributed by atoms with Crippen LogP contribution in [0.1, 0.15) is 26.4 Å². The molecule has 1 amide bonds. The van der Waals surface area contributed by atoms with Crippen LogP contribution >= 0.6 is 11.3 Å². The molecule has 2 heterocycles. The quantitative estimate of drug-likeness (QED) is 0.727. The van der Waals surface area contributed by atoms with Gasteiger partial charge in [0.1, 0.15) is 0 Å². The molecule has 1 aromatic carbocycles. The number of ether oxygens (including phenoxy) is 1. The van der Waals surface area contributed by atoms with Gasteiger partial charge in [-0.3, -0.25) is 10.1 Å². The minimum absolute atomic E-state index is 0.295. The van der Waals surface area contributed by atoms with Crippen molar-refractivity contribution in [2.45, 2.75) is 6.92 Å². The van der Waals surface area contributed by atoms with Crippen LogP contribution in [0.3, 0.4) is 0 Å². The van der Waals surface area contributed by atoms with E-state index in [2.05, 4.69) is 20.0 Å². The fourth-order valence-electron chi connectivity index (χ4n) is 2.29. The lowest BCUT2D eigenvalue weighted by Gasteiger charge is -2.03. The number of benzene rings is 1. The third-order valence-corrected chi connectivity index (χ3v) is 4.68. The Morgan fingerprint density at radius 2 is 1.88 bits per heavy atom. The first-order chi connectivity index (χ1) is 12.0. The highest BCUT2D eigenvalue weighted by Gasteiger charge is 2.16. The molecular weight excluding hydrogens is 340 g/mol. The third kappa shape index (κ3) is 3.43. The maximum atomic E-state index is 12.4. The van der Waals surface area contributed by atoms with Gasteiger partial charge in [0.25, 0.3) is 5.91 Å². The number of rotatable bonds is 4. The summed E-state index contributed by atoms with van der Waals surface area (Å²) in [7, 11) is 3.22. The van der Waals surface area contributed by atoms with Crippen molar-refractivity contribution < 1.29 is 14.3 Å². The van der Waals surface area contributed by atoms with E-state index in [9.17, 15) is 9.59 Å². The average molecular weight is 356 g/mol. The summed E-state index contributed by atoms with van der Waals surface area (Å²) < 4.78 is 6.54. The number of nitrogens with zero attached hydrogens (tertiary/aromatic N) is 3. The van der Waals surface area contributed by atoms with Crippen LogP contribution in [0.15, 0.2) is 36.7 Å². The van der Waals surface area contributed by atoms with Gasteiger partial charge in [-0.05, 0) is 31.2 Å². The summed E-state index contributed by atoms with van der Waals surface area (Å²) in [6, 6.07) is 6.24. The smallest absolute Gasteiger partial charge is 0.337 e. The SMILES string of the molecule is COC(=O)c1ccc(C(=O)Nc2nc(C)c(-c3nccn3C)s2)cc1. The first-order valence-corrected chi connectivity index (χ1v) is 8.26. The lowest BCUT2D eigenvalue weighted by molar-refractivity contribution is 0.0600. The maximum absolute atomic E-state index is 12.4. The number of nitrogens with one attached hydrogen (secondary N) is 1. The van der Waals surface area contributed by atoms with Crippen molar-refractivity contribution >= 4 is 28.3 Å². The normalized spacial score (nSPS) is 10.5. The molecule has 0 saturated heterocycles. The van der Waals surface area contributed by atoms with Crippen LogP contribution in [-0.4, -0.2) is 33.5 Å². The van der Waals surface area contributed by atoms with E-state index < -0.39 is 5.97 Å². The van der Waals surface area contributed by atoms with Crippen molar-refractivity contribution in [3.8, 4) is 10.7 Å². The van der Waals surface area contributed by atoms with Gasteiger partial charge in [0, 0.05) is 25.0 Å². The number of aryl methyl sites for hydroxylation is 2. The number of methoxy groups -OCH3 is 1. The number of carbonyl (C=O) groups excluding carboxylic acids is 2. The summed E-state index contributed by atoms with van der Waals surface area (Å²) in [4.78, 5) is 33.4. The molecule has 25 heavy (non-hydrogen) atoms. The Balaban J connectivity index is 1.77. The Hall–Kier alpha value is -3.00. The molecule has 0 bridgehead atoms. The summed E-state index contributed by atoms with van der Waals surface area (Å²) in [5, 5.41) is 3.28. The van der Waals surface area contributed by atoms with Crippen molar-refractivity contribution in [3.05, 3.63) is 53.5 Å². The minimum Gasteiger partial charge on any atom is -0.465 e. The molecule has 0 fully saturated rings. The van der Waals surface area contributed by atoms with Crippen molar-refractivity contribution in [1.82, 2.24) is 14.5 Å². The van der Waals surface area contributed by atoms with E-state index in [1.54, 1.807) is 30.5 Å². The van der Waals surface area contributed by atoms with Crippen LogP contribution in [0.4, 0.5) is 5.13 Å². The van der Waals surface area contributed by atoms with Gasteiger partial charge in [-0.25, -0.2) is 14.8 Å². The van der Waals surface area contributed by atoms with E-state index in [1.165, 1.54) is 18.4 Å². The van der Waals surface area contributed by atoms with Crippen LogP contribution in [0, 0.1) is 6.92 Å². The van der Waals surface area contributed by atoms with Gasteiger partial charge in [0.2, 0.25) is 0 Å². The Morgan fingerprint density at radius 3 is 2.48 bits per heavy atom. The Morgan fingerprint density at radius 1 is 1.20 bits per heavy atom. The molecule has 0 saturated carbocycles. The number of hydrogen-bond acceptors (Lipinski definition) is 6. The number of imidazole rings is 1. The Bertz CT molecular complexity index is 928. The van der Waals surface area contributed by atoms with Crippen LogP contribution in [0.2, 0.25) is 0 Å². The van der Waals surface area contributed by atoms with Gasteiger partial charge < -0.3 is 9.30 Å². The van der Waals surface area contributed by atoms with Gasteiger partial charge in [-0.1, -0.05) is 11.3 Å². The predicted octanol–water partition coefficient (Wildman–Crippen LogP) is 2.89. The molecule has 3 aromatic rings. The second-order valence-electron chi connectivity index (χ2n) is 5.32. The maximum Gasteiger partial charge on any atom is 0.337 e. The lowest BCUT2D eigenvalue weighted by atomic mass is 10.1. The number of hydrogen-bond donors (Lipinski definition) is 1. The largest absolute Gasteiger partial charge is 0.465 e. The second-order valence-corrected chi connectivity index (χ2v) is 6.32. The molecular formula is C17H16N4O3S. The molecule has 0 atom stereocenters. The monoisotopic (exact) mass is 356 g/mol. The zero-order chi connectivity index (χ0) is 18.0. The second kappa shape index (κ2) is 6.86. The van der Waals surface area contributed by atoms with E-state index in [1.807, 2.05) is 24.7 Å². The summed E-state index contributed by atoms with van der Waals surface area (Å²) >= 11 is 1.37. The van der Waals surface area contributed by atoms with Crippen LogP contribution in [0.25, 0.3) is 10.7 Å². The molecule has 1 N–H and O–H groups in total. The van der Waals surface area contributed by atoms with Gasteiger partial charge >= 0.3 is 5.97 Å². The summed E-state index contributed by atoms with van der Waals surface area (Å²) in [6.45, 7) is 1.88. The third-order valence-electron chi connectivity index (χ3n) is 3.61. The molecule has 0 radical (unpaired) electrons. The van der Waals surface area contributed by atoms with E-state index in [0.717, 1.165) is 16.4 Å². The van der Waals surface area contributed by atoms with Crippen LogP contribution in [-0.2, 0) is 11.8 Å². The minimum atomic E-state index is -0.442. The first-order valence-electron chi connectivity index (χ1n) is 7.44. The average Bonchev–Trinajstić information content (AvgIpc) is 3.19. The molecule has 0 unspecified atom stereocenters. The Kier molecular flexibility index (Phi) is 4.62. The van der Waals surface area contributed by atoms with Crippen LogP contribution < -0.4 is 5.32 Å². The highest BCUT2D eigenvalue weighted by Crippen LogP contribution is 2.31. The number of aromatic nitrogens is 3. The standard InChI is InChI=1S/C17H16N4O3S/c1-10-13(14-18-8-9-21(14)2)25-17(19-10)20-15(22)11-4-6-12(7-5-11)16(23)24-3/h4-9H,1-3H3,(H,19,20,22). The zero-order valence-corrected chi connectivity index (χ0v) is 14.8. The molecule has 0 aliphatic heterocycles. The molecule has 3 rings (SSSR count). The first kappa shape index (κ1) is 16.8. The van der Waals surface area contributed by atoms with Gasteiger partial charge in [0.15, 0.2) is 11.0 Å². The van der Waals surface area contributed by atoms with E-state index >= 15 is 0 Å². The van der Waals surface area contributed by atoms with Crippen molar-refractivity contribution in [2.75, 3.05) is 12.4 Å².